The number of likely N-dealkylation sites (tertiary alicyclic amines) is 1. The fourth-order valence-corrected chi connectivity index (χ4v) is 4.75. The van der Waals surface area contributed by atoms with E-state index in [1.54, 1.807) is 18.3 Å². The first-order valence-electron chi connectivity index (χ1n) is 11.8. The molecule has 1 aliphatic rings. The molecule has 1 fully saturated rings. The first-order valence-corrected chi connectivity index (χ1v) is 12.2. The van der Waals surface area contributed by atoms with Crippen LogP contribution < -0.4 is 5.32 Å². The van der Waals surface area contributed by atoms with E-state index in [0.29, 0.717) is 16.5 Å². The highest BCUT2D eigenvalue weighted by Gasteiger charge is 2.26. The minimum atomic E-state index is -0.199. The van der Waals surface area contributed by atoms with E-state index in [1.807, 2.05) is 25.1 Å². The van der Waals surface area contributed by atoms with Crippen LogP contribution in [0.25, 0.3) is 11.0 Å². The van der Waals surface area contributed by atoms with Gasteiger partial charge in [-0.15, -0.1) is 0 Å². The first-order chi connectivity index (χ1) is 16.4. The average Bonchev–Trinajstić information content (AvgIpc) is 3.01. The summed E-state index contributed by atoms with van der Waals surface area (Å²) in [4.78, 5) is 26.7. The number of carbonyl (C=O) groups is 1. The Labute approximate surface area is 206 Å². The molecule has 1 aliphatic heterocycles. The molecule has 2 aromatic heterocycles. The van der Waals surface area contributed by atoms with Crippen LogP contribution in [-0.4, -0.2) is 70.5 Å². The Kier molecular flexibility index (Phi) is 7.98. The third-order valence-electron chi connectivity index (χ3n) is 6.14. The second kappa shape index (κ2) is 11.1. The molecule has 1 atom stereocenters. The number of hydrogen-bond donors (Lipinski definition) is 1. The first kappa shape index (κ1) is 24.4. The van der Waals surface area contributed by atoms with Gasteiger partial charge in [0.2, 0.25) is 5.95 Å². The van der Waals surface area contributed by atoms with E-state index in [0.717, 1.165) is 62.2 Å². The van der Waals surface area contributed by atoms with Gasteiger partial charge in [-0.25, -0.2) is 4.98 Å². The van der Waals surface area contributed by atoms with Gasteiger partial charge in [-0.3, -0.25) is 20.0 Å². The second-order valence-electron chi connectivity index (χ2n) is 9.20. The van der Waals surface area contributed by atoms with Crippen molar-refractivity contribution in [3.8, 4) is 0 Å². The van der Waals surface area contributed by atoms with Crippen molar-refractivity contribution in [3.05, 3.63) is 65.0 Å². The van der Waals surface area contributed by atoms with Gasteiger partial charge in [-0.1, -0.05) is 36.2 Å². The third kappa shape index (κ3) is 5.84. The molecular weight excluding hydrogens is 448 g/mol. The number of aromatic nitrogens is 3. The Bertz CT molecular complexity index is 1170. The molecule has 3 heterocycles. The molecule has 7 nitrogen and oxygen atoms in total. The Balaban J connectivity index is 1.64. The summed E-state index contributed by atoms with van der Waals surface area (Å²) >= 11 is 6.67. The summed E-state index contributed by atoms with van der Waals surface area (Å²) in [5, 5.41) is 3.70. The summed E-state index contributed by atoms with van der Waals surface area (Å²) in [6.45, 7) is 5.65. The summed E-state index contributed by atoms with van der Waals surface area (Å²) in [7, 11) is 4.15. The average molecular weight is 481 g/mol. The summed E-state index contributed by atoms with van der Waals surface area (Å²) in [5.41, 5.74) is 3.02. The molecule has 34 heavy (non-hydrogen) atoms. The quantitative estimate of drug-likeness (QED) is 0.492. The number of rotatable bonds is 7. The lowest BCUT2D eigenvalue weighted by molar-refractivity contribution is 0.102. The molecule has 0 unspecified atom stereocenters. The summed E-state index contributed by atoms with van der Waals surface area (Å²) in [6, 6.07) is 9.39. The Morgan fingerprint density at radius 1 is 1.26 bits per heavy atom. The maximum absolute atomic E-state index is 13.1. The highest BCUT2D eigenvalue weighted by Crippen LogP contribution is 2.34. The molecule has 0 aliphatic carbocycles. The Morgan fingerprint density at radius 2 is 2.12 bits per heavy atom. The lowest BCUT2D eigenvalue weighted by Crippen LogP contribution is -2.31. The van der Waals surface area contributed by atoms with E-state index in [9.17, 15) is 4.79 Å². The zero-order valence-corrected chi connectivity index (χ0v) is 20.9. The number of nitrogens with zero attached hydrogens (tertiary/aromatic N) is 5. The van der Waals surface area contributed by atoms with Crippen LogP contribution in [0, 0.1) is 6.92 Å². The summed E-state index contributed by atoms with van der Waals surface area (Å²) < 4.78 is 2.14. The van der Waals surface area contributed by atoms with Gasteiger partial charge in [0, 0.05) is 43.1 Å². The third-order valence-corrected chi connectivity index (χ3v) is 6.45. The highest BCUT2D eigenvalue weighted by atomic mass is 35.5. The number of nitrogens with one attached hydrogen (secondary N) is 1. The second-order valence-corrected chi connectivity index (χ2v) is 9.60. The smallest absolute Gasteiger partial charge is 0.258 e. The maximum Gasteiger partial charge on any atom is 0.258 e. The topological polar surface area (TPSA) is 66.3 Å². The lowest BCUT2D eigenvalue weighted by Gasteiger charge is -2.26. The number of likely N-dealkylation sites (N-methyl/N-ethyl adjacent to an activating group) is 1. The predicted octanol–water partition coefficient (Wildman–Crippen LogP) is 4.79. The fraction of sp³-hybridized carbons (Fsp3) is 0.423. The van der Waals surface area contributed by atoms with Gasteiger partial charge in [0.05, 0.1) is 16.1 Å². The van der Waals surface area contributed by atoms with Gasteiger partial charge >= 0.3 is 0 Å². The normalized spacial score (nSPS) is 17.5. The van der Waals surface area contributed by atoms with E-state index in [1.165, 1.54) is 0 Å². The minimum absolute atomic E-state index is 0.157. The molecule has 1 amide bonds. The van der Waals surface area contributed by atoms with Crippen LogP contribution >= 0.6 is 11.6 Å². The molecular formula is C26H33ClN6O. The van der Waals surface area contributed by atoms with E-state index in [4.69, 9.17) is 16.6 Å². The van der Waals surface area contributed by atoms with Gasteiger partial charge in [-0.2, -0.15) is 0 Å². The van der Waals surface area contributed by atoms with Crippen molar-refractivity contribution in [2.24, 2.45) is 0 Å². The molecule has 1 saturated heterocycles. The number of halogens is 1. The highest BCUT2D eigenvalue weighted by molar-refractivity contribution is 6.35. The summed E-state index contributed by atoms with van der Waals surface area (Å²) in [6.07, 6.45) is 9.38. The molecule has 0 bridgehead atoms. The van der Waals surface area contributed by atoms with Crippen LogP contribution in [0.15, 0.2) is 48.7 Å². The Hall–Kier alpha value is -2.74. The predicted molar refractivity (Wildman–Crippen MR) is 139 cm³/mol. The van der Waals surface area contributed by atoms with Gasteiger partial charge in [0.1, 0.15) is 0 Å². The SMILES string of the molecule is Cc1cc(C(=O)Nc2nc3cccc(Cl)c3n2[C@@H]2CCCCN(C/C=C/CN(C)C)C2)ccn1. The number of imidazole rings is 1. The molecule has 4 rings (SSSR count). The van der Waals surface area contributed by atoms with Crippen molar-refractivity contribution in [1.29, 1.82) is 0 Å². The molecule has 0 radical (unpaired) electrons. The zero-order chi connectivity index (χ0) is 24.1. The molecule has 180 valence electrons. The van der Waals surface area contributed by atoms with Crippen molar-refractivity contribution in [2.75, 3.05) is 45.6 Å². The number of aryl methyl sites for hydroxylation is 1. The molecule has 8 heteroatoms. The van der Waals surface area contributed by atoms with E-state index < -0.39 is 0 Å². The minimum Gasteiger partial charge on any atom is -0.306 e. The standard InChI is InChI=1S/C26H33ClN6O/c1-19-17-20(12-13-28-19)25(34)30-26-29-23-11-8-10-22(27)24(23)33(26)21-9-4-5-15-32(18-21)16-7-6-14-31(2)3/h6-8,10-13,17,21H,4-5,9,14-16,18H2,1-3H3,(H,29,30,34)/b7-6+/t21-/m1/s1. The number of anilines is 1. The van der Waals surface area contributed by atoms with Crippen molar-refractivity contribution < 1.29 is 4.79 Å². The number of para-hydroxylation sites is 1. The summed E-state index contributed by atoms with van der Waals surface area (Å²) in [5.74, 6) is 0.341. The van der Waals surface area contributed by atoms with Gasteiger partial charge in [0.15, 0.2) is 0 Å². The molecule has 1 N–H and O–H groups in total. The van der Waals surface area contributed by atoms with Crippen molar-refractivity contribution in [2.45, 2.75) is 32.2 Å². The molecule has 0 spiro atoms. The molecule has 3 aromatic rings. The fourth-order valence-electron chi connectivity index (χ4n) is 4.49. The van der Waals surface area contributed by atoms with Gasteiger partial charge in [0.25, 0.3) is 5.91 Å². The molecule has 0 saturated carbocycles. The number of benzene rings is 1. The number of carbonyl (C=O) groups excluding carboxylic acids is 1. The van der Waals surface area contributed by atoms with E-state index in [2.05, 4.69) is 50.9 Å². The van der Waals surface area contributed by atoms with Crippen LogP contribution in [-0.2, 0) is 0 Å². The van der Waals surface area contributed by atoms with Crippen LogP contribution in [0.2, 0.25) is 5.02 Å². The number of fused-ring (bicyclic) bond motifs is 1. The van der Waals surface area contributed by atoms with Gasteiger partial charge < -0.3 is 9.47 Å². The number of amides is 1. The van der Waals surface area contributed by atoms with Crippen molar-refractivity contribution in [1.82, 2.24) is 24.3 Å². The molecule has 1 aromatic carbocycles. The van der Waals surface area contributed by atoms with Crippen molar-refractivity contribution >= 4 is 34.5 Å². The Morgan fingerprint density at radius 3 is 2.91 bits per heavy atom. The van der Waals surface area contributed by atoms with Crippen LogP contribution in [0.5, 0.6) is 0 Å². The van der Waals surface area contributed by atoms with Crippen LogP contribution in [0.4, 0.5) is 5.95 Å². The van der Waals surface area contributed by atoms with Crippen molar-refractivity contribution in [3.63, 3.8) is 0 Å². The number of pyridine rings is 1. The monoisotopic (exact) mass is 480 g/mol. The van der Waals surface area contributed by atoms with E-state index in [-0.39, 0.29) is 11.9 Å². The zero-order valence-electron chi connectivity index (χ0n) is 20.2. The van der Waals surface area contributed by atoms with E-state index >= 15 is 0 Å². The van der Waals surface area contributed by atoms with Crippen LogP contribution in [0.1, 0.15) is 41.4 Å². The lowest BCUT2D eigenvalue weighted by atomic mass is 10.1. The number of hydrogen-bond acceptors (Lipinski definition) is 5. The largest absolute Gasteiger partial charge is 0.306 e. The maximum atomic E-state index is 13.1. The van der Waals surface area contributed by atoms with Crippen LogP contribution in [0.3, 0.4) is 0 Å². The van der Waals surface area contributed by atoms with Gasteiger partial charge in [-0.05, 0) is 64.7 Å².